The van der Waals surface area contributed by atoms with Crippen LogP contribution in [-0.4, -0.2) is 51.8 Å². The van der Waals surface area contributed by atoms with Crippen molar-refractivity contribution in [2.45, 2.75) is 6.04 Å². The Balaban J connectivity index is 1.77. The van der Waals surface area contributed by atoms with Crippen LogP contribution in [0.5, 0.6) is 0 Å². The number of nitrogens with two attached hydrogens (primary N) is 1. The van der Waals surface area contributed by atoms with Crippen molar-refractivity contribution >= 4 is 17.7 Å². The molecule has 3 N–H and O–H groups in total. The second-order valence-corrected chi connectivity index (χ2v) is 6.01. The van der Waals surface area contributed by atoms with E-state index in [1.807, 2.05) is 0 Å². The Morgan fingerprint density at radius 2 is 1.92 bits per heavy atom. The van der Waals surface area contributed by atoms with Crippen molar-refractivity contribution in [1.29, 1.82) is 0 Å². The van der Waals surface area contributed by atoms with Crippen LogP contribution < -0.4 is 16.6 Å². The van der Waals surface area contributed by atoms with E-state index < -0.39 is 29.7 Å². The quantitative estimate of drug-likeness (QED) is 0.673. The van der Waals surface area contributed by atoms with Gasteiger partial charge in [0.1, 0.15) is 5.92 Å². The van der Waals surface area contributed by atoms with Gasteiger partial charge < -0.3 is 16.0 Å². The Hall–Kier alpha value is -3.49. The molecule has 1 aromatic heterocycles. The van der Waals surface area contributed by atoms with E-state index in [4.69, 9.17) is 5.73 Å². The molecule has 9 heteroatoms. The highest BCUT2D eigenvalue weighted by Crippen LogP contribution is 2.18. The van der Waals surface area contributed by atoms with E-state index in [-0.39, 0.29) is 12.1 Å². The average Bonchev–Trinajstić information content (AvgIpc) is 2.89. The van der Waals surface area contributed by atoms with Crippen LogP contribution in [0.3, 0.4) is 0 Å². The van der Waals surface area contributed by atoms with Crippen LogP contribution in [0.15, 0.2) is 47.7 Å². The van der Waals surface area contributed by atoms with E-state index >= 15 is 0 Å². The molecule has 1 aromatic carbocycles. The smallest absolute Gasteiger partial charge is 0.273 e. The number of likely N-dealkylation sites (tertiary alicyclic amines) is 1. The minimum absolute atomic E-state index is 0.211. The number of hydrogen-bond acceptors (Lipinski definition) is 5. The molecule has 0 spiro atoms. The van der Waals surface area contributed by atoms with Gasteiger partial charge in [-0.3, -0.25) is 28.7 Å². The fourth-order valence-electron chi connectivity index (χ4n) is 2.93. The third-order valence-corrected chi connectivity index (χ3v) is 4.27. The molecule has 0 bridgehead atoms. The van der Waals surface area contributed by atoms with Crippen LogP contribution in [0, 0.1) is 5.92 Å². The van der Waals surface area contributed by atoms with Gasteiger partial charge in [0.05, 0.1) is 12.2 Å². The van der Waals surface area contributed by atoms with E-state index in [1.54, 1.807) is 31.3 Å². The molecule has 2 heterocycles. The summed E-state index contributed by atoms with van der Waals surface area (Å²) in [6.07, 6.45) is 4.20. The first-order valence-corrected chi connectivity index (χ1v) is 7.87. The Kier molecular flexibility index (Phi) is 4.53. The zero-order valence-electron chi connectivity index (χ0n) is 14.0. The van der Waals surface area contributed by atoms with Gasteiger partial charge in [-0.05, 0) is 24.3 Å². The van der Waals surface area contributed by atoms with Crippen molar-refractivity contribution in [2.24, 2.45) is 11.7 Å². The minimum Gasteiger partial charge on any atom is -0.369 e. The number of carbonyl (C=O) groups excluding carboxylic acids is 3. The van der Waals surface area contributed by atoms with E-state index in [0.717, 1.165) is 0 Å². The van der Waals surface area contributed by atoms with Crippen LogP contribution in [0.4, 0.5) is 0 Å². The number of benzene rings is 1. The van der Waals surface area contributed by atoms with Gasteiger partial charge in [0, 0.05) is 37.2 Å². The first-order valence-electron chi connectivity index (χ1n) is 7.87. The molecule has 134 valence electrons. The lowest BCUT2D eigenvalue weighted by molar-refractivity contribution is -0.135. The van der Waals surface area contributed by atoms with Gasteiger partial charge in [0.15, 0.2) is 0 Å². The van der Waals surface area contributed by atoms with E-state index in [2.05, 4.69) is 10.3 Å². The lowest BCUT2D eigenvalue weighted by Crippen LogP contribution is -2.45. The number of nitrogens with zero attached hydrogens (tertiary/aromatic N) is 3. The molecule has 0 saturated carbocycles. The topological polar surface area (TPSA) is 127 Å². The molecule has 1 aliphatic heterocycles. The fourth-order valence-corrected chi connectivity index (χ4v) is 2.93. The minimum atomic E-state index is -1.07. The number of hydrogen-bond donors (Lipinski definition) is 2. The zero-order chi connectivity index (χ0) is 18.8. The molecule has 9 nitrogen and oxygen atoms in total. The van der Waals surface area contributed by atoms with Crippen LogP contribution in [0.2, 0.25) is 0 Å². The molecule has 2 unspecified atom stereocenters. The Morgan fingerprint density at radius 1 is 1.23 bits per heavy atom. The average molecular weight is 355 g/mol. The molecule has 1 saturated heterocycles. The van der Waals surface area contributed by atoms with Gasteiger partial charge >= 0.3 is 0 Å². The second-order valence-electron chi connectivity index (χ2n) is 6.01. The zero-order valence-corrected chi connectivity index (χ0v) is 14.0. The highest BCUT2D eigenvalue weighted by atomic mass is 16.2. The standard InChI is InChI=1S/C17H17N5O4/c1-21-9-12(14(15(18)24)17(21)26)20-16(25)10-2-4-11(5-3-10)22-7-6-19-8-13(22)23/h2-8,12,14H,9H2,1H3,(H2,18,24)(H,20,25). The Labute approximate surface area is 148 Å². The molecular weight excluding hydrogens is 338 g/mol. The van der Waals surface area contributed by atoms with E-state index in [1.165, 1.54) is 28.1 Å². The third-order valence-electron chi connectivity index (χ3n) is 4.27. The molecule has 1 fully saturated rings. The summed E-state index contributed by atoms with van der Waals surface area (Å²) in [4.78, 5) is 52.7. The molecule has 0 aliphatic carbocycles. The highest BCUT2D eigenvalue weighted by Gasteiger charge is 2.43. The lowest BCUT2D eigenvalue weighted by Gasteiger charge is -2.16. The summed E-state index contributed by atoms with van der Waals surface area (Å²) >= 11 is 0. The number of carbonyl (C=O) groups is 3. The van der Waals surface area contributed by atoms with Crippen molar-refractivity contribution in [2.75, 3.05) is 13.6 Å². The van der Waals surface area contributed by atoms with E-state index in [9.17, 15) is 19.2 Å². The number of nitrogens with one attached hydrogen (secondary N) is 1. The van der Waals surface area contributed by atoms with Crippen molar-refractivity contribution in [3.8, 4) is 5.69 Å². The van der Waals surface area contributed by atoms with Crippen LogP contribution in [0.25, 0.3) is 5.69 Å². The van der Waals surface area contributed by atoms with Crippen molar-refractivity contribution in [3.05, 3.63) is 58.8 Å². The number of rotatable bonds is 4. The predicted octanol–water partition coefficient (Wildman–Crippen LogP) is -1.10. The number of amides is 3. The summed E-state index contributed by atoms with van der Waals surface area (Å²) in [6.45, 7) is 0.211. The highest BCUT2D eigenvalue weighted by molar-refractivity contribution is 6.03. The monoisotopic (exact) mass is 355 g/mol. The number of aromatic nitrogens is 2. The van der Waals surface area contributed by atoms with Gasteiger partial charge in [-0.2, -0.15) is 0 Å². The van der Waals surface area contributed by atoms with E-state index in [0.29, 0.717) is 11.3 Å². The van der Waals surface area contributed by atoms with Crippen molar-refractivity contribution in [1.82, 2.24) is 19.8 Å². The summed E-state index contributed by atoms with van der Waals surface area (Å²) < 4.78 is 1.39. The van der Waals surface area contributed by atoms with Gasteiger partial charge in [-0.15, -0.1) is 0 Å². The van der Waals surface area contributed by atoms with Gasteiger partial charge in [0.25, 0.3) is 11.5 Å². The Morgan fingerprint density at radius 3 is 2.54 bits per heavy atom. The first kappa shape index (κ1) is 17.3. The maximum absolute atomic E-state index is 12.4. The van der Waals surface area contributed by atoms with Crippen LogP contribution in [-0.2, 0) is 9.59 Å². The van der Waals surface area contributed by atoms with Crippen LogP contribution in [0.1, 0.15) is 10.4 Å². The summed E-state index contributed by atoms with van der Waals surface area (Å²) in [5, 5.41) is 2.68. The SMILES string of the molecule is CN1CC(NC(=O)c2ccc(-n3ccncc3=O)cc2)C(C(N)=O)C1=O. The lowest BCUT2D eigenvalue weighted by atomic mass is 10.0. The van der Waals surface area contributed by atoms with Gasteiger partial charge in [-0.25, -0.2) is 0 Å². The first-order chi connectivity index (χ1) is 12.4. The molecule has 2 atom stereocenters. The summed E-state index contributed by atoms with van der Waals surface area (Å²) in [7, 11) is 1.55. The molecule has 2 aromatic rings. The fraction of sp³-hybridized carbons (Fsp3) is 0.235. The van der Waals surface area contributed by atoms with Crippen molar-refractivity contribution in [3.63, 3.8) is 0 Å². The van der Waals surface area contributed by atoms with Gasteiger partial charge in [-0.1, -0.05) is 0 Å². The molecular formula is C17H17N5O4. The third kappa shape index (κ3) is 3.18. The number of primary amides is 1. The predicted molar refractivity (Wildman–Crippen MR) is 91.4 cm³/mol. The maximum Gasteiger partial charge on any atom is 0.273 e. The summed E-state index contributed by atoms with van der Waals surface area (Å²) in [6, 6.07) is 5.66. The largest absolute Gasteiger partial charge is 0.369 e. The molecule has 3 amide bonds. The molecule has 0 radical (unpaired) electrons. The van der Waals surface area contributed by atoms with Crippen molar-refractivity contribution < 1.29 is 14.4 Å². The summed E-state index contributed by atoms with van der Waals surface area (Å²) in [5.74, 6) is -2.68. The second kappa shape index (κ2) is 6.79. The molecule has 26 heavy (non-hydrogen) atoms. The number of likely N-dealkylation sites (N-methyl/N-ethyl adjacent to an activating group) is 1. The van der Waals surface area contributed by atoms with Gasteiger partial charge in [0.2, 0.25) is 11.8 Å². The summed E-state index contributed by atoms with van der Waals surface area (Å²) in [5.41, 5.74) is 5.91. The molecule has 3 rings (SSSR count). The Bertz CT molecular complexity index is 921. The molecule has 1 aliphatic rings. The maximum atomic E-state index is 12.4. The normalized spacial score (nSPS) is 19.4. The van der Waals surface area contributed by atoms with Crippen LogP contribution >= 0.6 is 0 Å².